The van der Waals surface area contributed by atoms with Crippen LogP contribution in [0.2, 0.25) is 5.02 Å². The van der Waals surface area contributed by atoms with Crippen LogP contribution in [-0.2, 0) is 9.53 Å². The van der Waals surface area contributed by atoms with E-state index in [0.29, 0.717) is 42.7 Å². The average Bonchev–Trinajstić information content (AvgIpc) is 3.48. The Kier molecular flexibility index (Phi) is 6.83. The van der Waals surface area contributed by atoms with Gasteiger partial charge in [-0.2, -0.15) is 0 Å². The Labute approximate surface area is 224 Å². The van der Waals surface area contributed by atoms with Gasteiger partial charge in [0.15, 0.2) is 4.80 Å². The number of ether oxygens (including phenoxy) is 1. The van der Waals surface area contributed by atoms with E-state index in [0.717, 1.165) is 0 Å². The van der Waals surface area contributed by atoms with E-state index in [9.17, 15) is 19.7 Å². The number of fused-ring (bicyclic) bond motifs is 1. The van der Waals surface area contributed by atoms with Gasteiger partial charge in [-0.1, -0.05) is 35.1 Å². The summed E-state index contributed by atoms with van der Waals surface area (Å²) in [5.41, 5.74) is 1.75. The van der Waals surface area contributed by atoms with Crippen LogP contribution >= 0.6 is 22.9 Å². The molecule has 0 spiro atoms. The number of aromatic nitrogens is 1. The SMILES string of the molecule is CCOC(=O)C1=C(C)N=c2s/c(=C/c3ccc(-c4ccc([N+](=O)[O-])cc4)o3)c(=O)n2[C@H]1c1ccc(Cl)cc1. The molecule has 0 saturated carbocycles. The van der Waals surface area contributed by atoms with Gasteiger partial charge < -0.3 is 9.15 Å². The van der Waals surface area contributed by atoms with Crippen LogP contribution in [0.3, 0.4) is 0 Å². The number of furan rings is 1. The molecule has 0 amide bonds. The Hall–Kier alpha value is -4.28. The molecule has 9 nitrogen and oxygen atoms in total. The van der Waals surface area contributed by atoms with Crippen LogP contribution in [0.25, 0.3) is 17.4 Å². The normalized spacial score (nSPS) is 15.2. The Balaban J connectivity index is 1.59. The van der Waals surface area contributed by atoms with Crippen LogP contribution in [0.15, 0.2) is 86.1 Å². The number of carbonyl (C=O) groups is 1. The van der Waals surface area contributed by atoms with E-state index in [2.05, 4.69) is 4.99 Å². The number of allylic oxidation sites excluding steroid dienone is 1. The van der Waals surface area contributed by atoms with Gasteiger partial charge in [-0.15, -0.1) is 0 Å². The van der Waals surface area contributed by atoms with Gasteiger partial charge in [-0.3, -0.25) is 19.5 Å². The third-order valence-corrected chi connectivity index (χ3v) is 7.20. The predicted octanol–water partition coefficient (Wildman–Crippen LogP) is 4.62. The van der Waals surface area contributed by atoms with Crippen molar-refractivity contribution in [2.75, 3.05) is 6.61 Å². The highest BCUT2D eigenvalue weighted by Crippen LogP contribution is 2.31. The Morgan fingerprint density at radius 1 is 1.18 bits per heavy atom. The van der Waals surface area contributed by atoms with E-state index in [-0.39, 0.29) is 23.4 Å². The van der Waals surface area contributed by atoms with Gasteiger partial charge in [0.1, 0.15) is 11.5 Å². The van der Waals surface area contributed by atoms with Crippen molar-refractivity contribution in [1.82, 2.24) is 4.57 Å². The molecule has 2 aromatic carbocycles. The van der Waals surface area contributed by atoms with Gasteiger partial charge in [0.05, 0.1) is 33.4 Å². The summed E-state index contributed by atoms with van der Waals surface area (Å²) < 4.78 is 13.0. The van der Waals surface area contributed by atoms with Crippen molar-refractivity contribution in [3.63, 3.8) is 0 Å². The highest BCUT2D eigenvalue weighted by molar-refractivity contribution is 7.07. The second kappa shape index (κ2) is 10.2. The molecule has 0 bridgehead atoms. The first kappa shape index (κ1) is 25.4. The van der Waals surface area contributed by atoms with Crippen molar-refractivity contribution in [1.29, 1.82) is 0 Å². The van der Waals surface area contributed by atoms with Crippen molar-refractivity contribution >= 4 is 40.7 Å². The average molecular weight is 550 g/mol. The number of nitro benzene ring substituents is 1. The molecule has 0 unspecified atom stereocenters. The molecule has 192 valence electrons. The standard InChI is InChI=1S/C27H20ClN3O6S/c1-3-36-26(33)23-15(2)29-27-30(24(23)17-4-8-18(28)9-5-17)25(32)22(38-27)14-20-12-13-21(37-20)16-6-10-19(11-7-16)31(34)35/h4-14,24H,3H2,1-2H3/b22-14+/t24-/m0/s1. The summed E-state index contributed by atoms with van der Waals surface area (Å²) in [5, 5.41) is 11.4. The van der Waals surface area contributed by atoms with E-state index in [1.54, 1.807) is 68.5 Å². The topological polar surface area (TPSA) is 117 Å². The van der Waals surface area contributed by atoms with Crippen molar-refractivity contribution in [3.8, 4) is 11.3 Å². The molecule has 3 heterocycles. The zero-order valence-corrected chi connectivity index (χ0v) is 21.8. The van der Waals surface area contributed by atoms with Crippen molar-refractivity contribution in [2.24, 2.45) is 4.99 Å². The first-order chi connectivity index (χ1) is 18.3. The molecule has 1 aliphatic rings. The maximum absolute atomic E-state index is 13.7. The van der Waals surface area contributed by atoms with Crippen LogP contribution in [0.5, 0.6) is 0 Å². The second-order valence-corrected chi connectivity index (χ2v) is 9.81. The molecule has 11 heteroatoms. The van der Waals surface area contributed by atoms with Crippen LogP contribution in [-0.4, -0.2) is 22.1 Å². The number of hydrogen-bond acceptors (Lipinski definition) is 8. The van der Waals surface area contributed by atoms with Crippen molar-refractivity contribution in [3.05, 3.63) is 118 Å². The number of benzene rings is 2. The lowest BCUT2D eigenvalue weighted by molar-refractivity contribution is -0.384. The Bertz CT molecular complexity index is 1760. The molecule has 0 aliphatic carbocycles. The molecule has 1 atom stereocenters. The third-order valence-electron chi connectivity index (χ3n) is 5.97. The zero-order chi connectivity index (χ0) is 27.0. The van der Waals surface area contributed by atoms with Gasteiger partial charge in [-0.05, 0) is 55.8 Å². The lowest BCUT2D eigenvalue weighted by Gasteiger charge is -2.24. The van der Waals surface area contributed by atoms with E-state index < -0.39 is 16.9 Å². The fraction of sp³-hybridized carbons (Fsp3) is 0.148. The largest absolute Gasteiger partial charge is 0.463 e. The number of nitro groups is 1. The smallest absolute Gasteiger partial charge is 0.338 e. The number of non-ortho nitro benzene ring substituents is 1. The monoisotopic (exact) mass is 549 g/mol. The highest BCUT2D eigenvalue weighted by atomic mass is 35.5. The molecule has 0 radical (unpaired) electrons. The van der Waals surface area contributed by atoms with Crippen molar-refractivity contribution in [2.45, 2.75) is 19.9 Å². The summed E-state index contributed by atoms with van der Waals surface area (Å²) >= 11 is 7.27. The molecule has 0 N–H and O–H groups in total. The summed E-state index contributed by atoms with van der Waals surface area (Å²) in [6, 6.07) is 15.6. The van der Waals surface area contributed by atoms with E-state index in [1.165, 1.54) is 28.0 Å². The Morgan fingerprint density at radius 3 is 2.55 bits per heavy atom. The van der Waals surface area contributed by atoms with Crippen LogP contribution in [0.4, 0.5) is 5.69 Å². The van der Waals surface area contributed by atoms with E-state index >= 15 is 0 Å². The first-order valence-corrected chi connectivity index (χ1v) is 12.8. The minimum atomic E-state index is -0.739. The fourth-order valence-corrected chi connectivity index (χ4v) is 5.37. The molecule has 4 aromatic rings. The summed E-state index contributed by atoms with van der Waals surface area (Å²) in [5.74, 6) is 0.383. The molecular weight excluding hydrogens is 530 g/mol. The van der Waals surface area contributed by atoms with Crippen molar-refractivity contribution < 1.29 is 18.9 Å². The molecule has 5 rings (SSSR count). The molecule has 0 fully saturated rings. The quantitative estimate of drug-likeness (QED) is 0.197. The number of carbonyl (C=O) groups excluding carboxylic acids is 1. The van der Waals surface area contributed by atoms with Crippen LogP contribution in [0.1, 0.15) is 31.2 Å². The summed E-state index contributed by atoms with van der Waals surface area (Å²) in [6.45, 7) is 3.62. The van der Waals surface area contributed by atoms with E-state index in [1.807, 2.05) is 0 Å². The van der Waals surface area contributed by atoms with Gasteiger partial charge in [0.2, 0.25) is 0 Å². The minimum absolute atomic E-state index is 0.0191. The highest BCUT2D eigenvalue weighted by Gasteiger charge is 2.33. The number of halogens is 1. The predicted molar refractivity (Wildman–Crippen MR) is 143 cm³/mol. The maximum atomic E-state index is 13.7. The molecular formula is C27H20ClN3O6S. The first-order valence-electron chi connectivity index (χ1n) is 11.6. The molecule has 2 aromatic heterocycles. The third kappa shape index (κ3) is 4.71. The second-order valence-electron chi connectivity index (χ2n) is 8.36. The summed E-state index contributed by atoms with van der Waals surface area (Å²) in [4.78, 5) is 42.0. The van der Waals surface area contributed by atoms with Gasteiger partial charge in [0, 0.05) is 28.8 Å². The maximum Gasteiger partial charge on any atom is 0.338 e. The lowest BCUT2D eigenvalue weighted by Crippen LogP contribution is -2.39. The minimum Gasteiger partial charge on any atom is -0.463 e. The van der Waals surface area contributed by atoms with Crippen LogP contribution in [0, 0.1) is 10.1 Å². The summed E-state index contributed by atoms with van der Waals surface area (Å²) in [7, 11) is 0. The van der Waals surface area contributed by atoms with Gasteiger partial charge >= 0.3 is 5.97 Å². The number of esters is 1. The van der Waals surface area contributed by atoms with Gasteiger partial charge in [-0.25, -0.2) is 9.79 Å². The number of nitrogens with zero attached hydrogens (tertiary/aromatic N) is 3. The number of hydrogen-bond donors (Lipinski definition) is 0. The summed E-state index contributed by atoms with van der Waals surface area (Å²) in [6.07, 6.45) is 1.61. The lowest BCUT2D eigenvalue weighted by atomic mass is 9.96. The molecule has 1 aliphatic heterocycles. The number of rotatable bonds is 6. The van der Waals surface area contributed by atoms with E-state index in [4.69, 9.17) is 20.8 Å². The van der Waals surface area contributed by atoms with Gasteiger partial charge in [0.25, 0.3) is 11.2 Å². The fourth-order valence-electron chi connectivity index (χ4n) is 4.21. The zero-order valence-electron chi connectivity index (χ0n) is 20.2. The number of thiazole rings is 1. The Morgan fingerprint density at radius 2 is 1.89 bits per heavy atom. The molecule has 0 saturated heterocycles. The van der Waals surface area contributed by atoms with Crippen LogP contribution < -0.4 is 14.9 Å². The molecule has 38 heavy (non-hydrogen) atoms.